The molecule has 2 N–H and O–H groups in total. The van der Waals surface area contributed by atoms with E-state index in [1.807, 2.05) is 12.3 Å². The van der Waals surface area contributed by atoms with Crippen LogP contribution in [0.2, 0.25) is 0 Å². The largest absolute Gasteiger partial charge is 0.396 e. The summed E-state index contributed by atoms with van der Waals surface area (Å²) < 4.78 is 13.8. The van der Waals surface area contributed by atoms with Crippen LogP contribution < -0.4 is 0 Å². The molecule has 0 spiro atoms. The number of unbranched alkanes of at least 4 members (excludes halogenated alkanes) is 1. The van der Waals surface area contributed by atoms with Gasteiger partial charge in [0.1, 0.15) is 0 Å². The molecule has 5 nitrogen and oxygen atoms in total. The van der Waals surface area contributed by atoms with Crippen molar-refractivity contribution in [2.75, 3.05) is 19.4 Å². The van der Waals surface area contributed by atoms with Crippen LogP contribution in [0.1, 0.15) is 31.4 Å². The molecule has 0 aromatic carbocycles. The van der Waals surface area contributed by atoms with Crippen molar-refractivity contribution >= 4 is 33.2 Å². The Balaban J connectivity index is 2.00. The summed E-state index contributed by atoms with van der Waals surface area (Å²) in [5.41, 5.74) is 4.12. The van der Waals surface area contributed by atoms with Crippen molar-refractivity contribution in [1.29, 1.82) is 0 Å². The number of aromatic nitrogens is 2. The maximum Gasteiger partial charge on any atom is 0.0946 e. The van der Waals surface area contributed by atoms with E-state index in [9.17, 15) is 4.21 Å². The maximum atomic E-state index is 12.9. The number of thioether (sulfide) groups is 1. The summed E-state index contributed by atoms with van der Waals surface area (Å²) in [5.74, 6) is 0. The molecule has 2 aliphatic heterocycles. The van der Waals surface area contributed by atoms with Gasteiger partial charge in [0.25, 0.3) is 0 Å². The van der Waals surface area contributed by atoms with Crippen LogP contribution in [0.5, 0.6) is 0 Å². The van der Waals surface area contributed by atoms with Crippen molar-refractivity contribution in [3.63, 3.8) is 0 Å². The Labute approximate surface area is 136 Å². The molecule has 0 saturated carbocycles. The highest BCUT2D eigenvalue weighted by Gasteiger charge is 2.35. The predicted octanol–water partition coefficient (Wildman–Crippen LogP) is 2.46. The molecule has 1 atom stereocenters. The molecule has 0 bridgehead atoms. The van der Waals surface area contributed by atoms with Crippen molar-refractivity contribution in [3.05, 3.63) is 33.3 Å². The molecule has 0 saturated heterocycles. The fraction of sp³-hybridized carbons (Fsp3) is 0.467. The molecule has 2 aliphatic rings. The number of aliphatic hydroxyl groups is 1. The van der Waals surface area contributed by atoms with Crippen LogP contribution in [0, 0.1) is 0 Å². The summed E-state index contributed by atoms with van der Waals surface area (Å²) in [7, 11) is -1.15. The lowest BCUT2D eigenvalue weighted by Crippen LogP contribution is -2.13. The van der Waals surface area contributed by atoms with Crippen LogP contribution in [0.4, 0.5) is 0 Å². The summed E-state index contributed by atoms with van der Waals surface area (Å²) >= 11 is 1.54. The van der Waals surface area contributed by atoms with Gasteiger partial charge in [-0.1, -0.05) is 0 Å². The Morgan fingerprint density at radius 1 is 1.45 bits per heavy atom. The number of aliphatic imine (C=N–C) groups is 1. The second-order valence-electron chi connectivity index (χ2n) is 5.17. The minimum absolute atomic E-state index is 0.204. The summed E-state index contributed by atoms with van der Waals surface area (Å²) in [6.07, 6.45) is 6.99. The van der Waals surface area contributed by atoms with E-state index in [4.69, 9.17) is 5.11 Å². The van der Waals surface area contributed by atoms with Gasteiger partial charge >= 0.3 is 0 Å². The number of aliphatic hydroxyl groups excluding tert-OH is 1. The average Bonchev–Trinajstić information content (AvgIpc) is 3.13. The average molecular weight is 337 g/mol. The molecule has 118 valence electrons. The van der Waals surface area contributed by atoms with E-state index in [2.05, 4.69) is 15.2 Å². The monoisotopic (exact) mass is 337 g/mol. The first-order valence-electron chi connectivity index (χ1n) is 7.35. The molecule has 0 fully saturated rings. The fourth-order valence-electron chi connectivity index (χ4n) is 2.88. The van der Waals surface area contributed by atoms with Gasteiger partial charge in [-0.2, -0.15) is 5.10 Å². The first kappa shape index (κ1) is 15.7. The van der Waals surface area contributed by atoms with Crippen molar-refractivity contribution < 1.29 is 9.32 Å². The third-order valence-electron chi connectivity index (χ3n) is 3.84. The molecule has 1 aromatic rings. The lowest BCUT2D eigenvalue weighted by atomic mass is 9.93. The number of aromatic amines is 1. The van der Waals surface area contributed by atoms with Crippen molar-refractivity contribution in [2.24, 2.45) is 4.99 Å². The van der Waals surface area contributed by atoms with E-state index in [-0.39, 0.29) is 6.61 Å². The van der Waals surface area contributed by atoms with Crippen LogP contribution in [0.3, 0.4) is 0 Å². The van der Waals surface area contributed by atoms with Crippen molar-refractivity contribution in [2.45, 2.75) is 25.7 Å². The first-order valence-corrected chi connectivity index (χ1v) is 9.73. The molecule has 0 amide bonds. The first-order chi connectivity index (χ1) is 10.8. The zero-order chi connectivity index (χ0) is 15.5. The lowest BCUT2D eigenvalue weighted by Gasteiger charge is -2.18. The van der Waals surface area contributed by atoms with E-state index >= 15 is 0 Å². The number of hydrogen-bond donors (Lipinski definition) is 2. The van der Waals surface area contributed by atoms with E-state index in [1.54, 1.807) is 18.0 Å². The maximum absolute atomic E-state index is 12.9. The Morgan fingerprint density at radius 3 is 3.00 bits per heavy atom. The minimum Gasteiger partial charge on any atom is -0.396 e. The minimum atomic E-state index is -1.15. The van der Waals surface area contributed by atoms with E-state index in [0.29, 0.717) is 0 Å². The quantitative estimate of drug-likeness (QED) is 0.782. The van der Waals surface area contributed by atoms with Gasteiger partial charge in [-0.25, -0.2) is 4.21 Å². The second-order valence-corrected chi connectivity index (χ2v) is 7.60. The van der Waals surface area contributed by atoms with Crippen LogP contribution in [0.15, 0.2) is 32.6 Å². The summed E-state index contributed by atoms with van der Waals surface area (Å²) in [5, 5.41) is 15.9. The molecule has 1 unspecified atom stereocenters. The summed E-state index contributed by atoms with van der Waals surface area (Å²) in [4.78, 5) is 5.53. The molecule has 7 heteroatoms. The van der Waals surface area contributed by atoms with Gasteiger partial charge in [0.05, 0.1) is 25.6 Å². The number of fused-ring (bicyclic) bond motifs is 1. The van der Waals surface area contributed by atoms with E-state index < -0.39 is 10.8 Å². The van der Waals surface area contributed by atoms with Crippen LogP contribution in [0.25, 0.3) is 4.91 Å². The number of rotatable bonds is 6. The Bertz CT molecular complexity index is 675. The number of nitrogens with one attached hydrogen (secondary N) is 1. The molecule has 0 aliphatic carbocycles. The smallest absolute Gasteiger partial charge is 0.0946 e. The fourth-order valence-corrected chi connectivity index (χ4v) is 5.53. The molecular weight excluding hydrogens is 318 g/mol. The van der Waals surface area contributed by atoms with Gasteiger partial charge in [0.2, 0.25) is 0 Å². The summed E-state index contributed by atoms with van der Waals surface area (Å²) in [6.45, 7) is 0.944. The van der Waals surface area contributed by atoms with Gasteiger partial charge < -0.3 is 5.11 Å². The highest BCUT2D eigenvalue weighted by molar-refractivity contribution is 8.19. The Hall–Kier alpha value is -1.18. The summed E-state index contributed by atoms with van der Waals surface area (Å²) in [6, 6.07) is 1.87. The normalized spacial score (nSPS) is 21.4. The third kappa shape index (κ3) is 2.73. The van der Waals surface area contributed by atoms with Crippen molar-refractivity contribution in [1.82, 2.24) is 10.2 Å². The van der Waals surface area contributed by atoms with Gasteiger partial charge in [-0.15, -0.1) is 11.8 Å². The molecule has 3 rings (SSSR count). The standard InChI is InChI=1S/C15H19N3O2S2/c1-21-15-13-10(5-7-16-11(13)4-2-3-9-19)14(22(15)20)12-6-8-17-18-12/h6,8,19H,2-5,7,9H2,1H3,(H,17,18). The van der Waals surface area contributed by atoms with E-state index in [1.165, 1.54) is 0 Å². The SMILES string of the molecule is CSC1=C2C(CCCCO)=NCCC2=C(c2ccn[nH]2)S1=O. The number of nitrogens with zero attached hydrogens (tertiary/aromatic N) is 2. The molecule has 0 radical (unpaired) electrons. The Morgan fingerprint density at radius 2 is 2.32 bits per heavy atom. The molecule has 1 aromatic heterocycles. The van der Waals surface area contributed by atoms with Gasteiger partial charge in [-0.05, 0) is 43.6 Å². The third-order valence-corrected chi connectivity index (χ3v) is 6.75. The topological polar surface area (TPSA) is 78.3 Å². The van der Waals surface area contributed by atoms with Gasteiger partial charge in [-0.3, -0.25) is 10.1 Å². The zero-order valence-corrected chi connectivity index (χ0v) is 14.1. The van der Waals surface area contributed by atoms with Gasteiger partial charge in [0.15, 0.2) is 0 Å². The molecule has 22 heavy (non-hydrogen) atoms. The predicted molar refractivity (Wildman–Crippen MR) is 92.0 cm³/mol. The van der Waals surface area contributed by atoms with E-state index in [0.717, 1.165) is 63.9 Å². The van der Waals surface area contributed by atoms with Gasteiger partial charge in [0, 0.05) is 30.6 Å². The zero-order valence-electron chi connectivity index (χ0n) is 12.5. The van der Waals surface area contributed by atoms with Crippen molar-refractivity contribution in [3.8, 4) is 0 Å². The number of allylic oxidation sites excluding steroid dienone is 1. The second kappa shape index (κ2) is 6.93. The lowest BCUT2D eigenvalue weighted by molar-refractivity contribution is 0.285. The van der Waals surface area contributed by atoms with Crippen LogP contribution in [-0.2, 0) is 10.8 Å². The highest BCUT2D eigenvalue weighted by atomic mass is 32.2. The number of hydrogen-bond acceptors (Lipinski definition) is 5. The number of H-pyrrole nitrogens is 1. The molecule has 3 heterocycles. The van der Waals surface area contributed by atoms with Crippen LogP contribution >= 0.6 is 11.8 Å². The Kier molecular flexibility index (Phi) is 4.95. The highest BCUT2D eigenvalue weighted by Crippen LogP contribution is 2.46. The molecular formula is C15H19N3O2S2. The van der Waals surface area contributed by atoms with Crippen LogP contribution in [-0.4, -0.2) is 44.6 Å².